The Kier molecular flexibility index (Phi) is 6.10. The Morgan fingerprint density at radius 2 is 1.90 bits per heavy atom. The van der Waals surface area contributed by atoms with Gasteiger partial charge < -0.3 is 10.2 Å². The molecule has 2 nitrogen and oxygen atoms in total. The van der Waals surface area contributed by atoms with Crippen LogP contribution in [0.2, 0.25) is 0 Å². The molecule has 2 heteroatoms. The molecule has 21 heavy (non-hydrogen) atoms. The summed E-state index contributed by atoms with van der Waals surface area (Å²) >= 11 is 0. The first kappa shape index (κ1) is 16.4. The summed E-state index contributed by atoms with van der Waals surface area (Å²) in [5, 5.41) is 3.72. The van der Waals surface area contributed by atoms with Gasteiger partial charge >= 0.3 is 0 Å². The smallest absolute Gasteiger partial charge is 0.0412 e. The highest BCUT2D eigenvalue weighted by molar-refractivity contribution is 5.49. The molecule has 0 aliphatic carbocycles. The number of hydrogen-bond acceptors (Lipinski definition) is 2. The van der Waals surface area contributed by atoms with Gasteiger partial charge in [-0.05, 0) is 42.9 Å². The molecule has 0 radical (unpaired) electrons. The van der Waals surface area contributed by atoms with Crippen molar-refractivity contribution in [3.05, 3.63) is 29.8 Å². The minimum Gasteiger partial charge on any atom is -0.366 e. The van der Waals surface area contributed by atoms with E-state index in [0.717, 1.165) is 13.1 Å². The van der Waals surface area contributed by atoms with E-state index in [-0.39, 0.29) is 0 Å². The van der Waals surface area contributed by atoms with Crippen molar-refractivity contribution in [2.75, 3.05) is 18.0 Å². The van der Waals surface area contributed by atoms with Gasteiger partial charge in [0.1, 0.15) is 0 Å². The van der Waals surface area contributed by atoms with Crippen LogP contribution in [0.5, 0.6) is 0 Å². The van der Waals surface area contributed by atoms with Gasteiger partial charge in [0.25, 0.3) is 0 Å². The highest BCUT2D eigenvalue weighted by Crippen LogP contribution is 2.24. The van der Waals surface area contributed by atoms with Crippen LogP contribution in [0.4, 0.5) is 5.69 Å². The van der Waals surface area contributed by atoms with E-state index >= 15 is 0 Å². The molecule has 1 aromatic rings. The van der Waals surface area contributed by atoms with Crippen LogP contribution in [0.15, 0.2) is 24.3 Å². The van der Waals surface area contributed by atoms with Gasteiger partial charge in [0, 0.05) is 30.9 Å². The van der Waals surface area contributed by atoms with Crippen molar-refractivity contribution in [2.45, 2.75) is 65.5 Å². The van der Waals surface area contributed by atoms with Crippen LogP contribution < -0.4 is 10.2 Å². The highest BCUT2D eigenvalue weighted by Gasteiger charge is 2.28. The molecule has 0 bridgehead atoms. The summed E-state index contributed by atoms with van der Waals surface area (Å²) in [5.74, 6) is 0.689. The monoisotopic (exact) mass is 288 g/mol. The zero-order valence-corrected chi connectivity index (χ0v) is 14.2. The van der Waals surface area contributed by atoms with E-state index < -0.39 is 0 Å². The molecule has 2 unspecified atom stereocenters. The molecule has 1 heterocycles. The fourth-order valence-electron chi connectivity index (χ4n) is 3.19. The van der Waals surface area contributed by atoms with E-state index in [0.29, 0.717) is 18.0 Å². The van der Waals surface area contributed by atoms with Crippen LogP contribution in [0.25, 0.3) is 0 Å². The van der Waals surface area contributed by atoms with Gasteiger partial charge in [-0.3, -0.25) is 0 Å². The van der Waals surface area contributed by atoms with Gasteiger partial charge in [-0.1, -0.05) is 46.2 Å². The molecule has 0 aromatic heterocycles. The van der Waals surface area contributed by atoms with Crippen LogP contribution in [0.3, 0.4) is 0 Å². The van der Waals surface area contributed by atoms with Crippen molar-refractivity contribution in [1.29, 1.82) is 0 Å². The number of piperazine rings is 1. The molecule has 118 valence electrons. The van der Waals surface area contributed by atoms with E-state index in [9.17, 15) is 0 Å². The number of aryl methyl sites for hydroxylation is 1. The van der Waals surface area contributed by atoms with Gasteiger partial charge in [-0.15, -0.1) is 0 Å². The second kappa shape index (κ2) is 7.84. The van der Waals surface area contributed by atoms with Crippen molar-refractivity contribution in [2.24, 2.45) is 5.92 Å². The van der Waals surface area contributed by atoms with E-state index in [1.807, 2.05) is 0 Å². The quantitative estimate of drug-likeness (QED) is 0.842. The Balaban J connectivity index is 2.09. The lowest BCUT2D eigenvalue weighted by atomic mass is 9.97. The van der Waals surface area contributed by atoms with Crippen molar-refractivity contribution in [3.8, 4) is 0 Å². The van der Waals surface area contributed by atoms with Gasteiger partial charge in [-0.2, -0.15) is 0 Å². The Morgan fingerprint density at radius 1 is 1.19 bits per heavy atom. The van der Waals surface area contributed by atoms with Crippen LogP contribution in [0, 0.1) is 5.92 Å². The summed E-state index contributed by atoms with van der Waals surface area (Å²) in [6.07, 6.45) is 4.98. The van der Waals surface area contributed by atoms with Crippen molar-refractivity contribution in [1.82, 2.24) is 5.32 Å². The summed E-state index contributed by atoms with van der Waals surface area (Å²) in [4.78, 5) is 2.62. The first-order valence-electron chi connectivity index (χ1n) is 8.74. The standard InChI is InChI=1S/C19H32N2/c1-5-7-8-16-9-11-18(12-10-16)21-14-19(15(3)4)20-13-17(21)6-2/h9-12,15,17,19-20H,5-8,13-14H2,1-4H3. The molecular formula is C19H32N2. The lowest BCUT2D eigenvalue weighted by molar-refractivity contribution is 0.325. The fourth-order valence-corrected chi connectivity index (χ4v) is 3.19. The maximum Gasteiger partial charge on any atom is 0.0412 e. The lowest BCUT2D eigenvalue weighted by Crippen LogP contribution is -2.58. The summed E-state index contributed by atoms with van der Waals surface area (Å²) in [5.41, 5.74) is 2.87. The number of benzene rings is 1. The van der Waals surface area contributed by atoms with Crippen LogP contribution >= 0.6 is 0 Å². The van der Waals surface area contributed by atoms with Gasteiger partial charge in [0.15, 0.2) is 0 Å². The average Bonchev–Trinajstić information content (AvgIpc) is 2.52. The van der Waals surface area contributed by atoms with Crippen LogP contribution in [0.1, 0.15) is 52.5 Å². The molecule has 2 rings (SSSR count). The third-order valence-corrected chi connectivity index (χ3v) is 4.81. The summed E-state index contributed by atoms with van der Waals surface area (Å²) in [6.45, 7) is 11.4. The molecule has 1 aliphatic heterocycles. The number of rotatable bonds is 6. The van der Waals surface area contributed by atoms with Crippen molar-refractivity contribution < 1.29 is 0 Å². The second-order valence-corrected chi connectivity index (χ2v) is 6.74. The Morgan fingerprint density at radius 3 is 2.48 bits per heavy atom. The van der Waals surface area contributed by atoms with Crippen LogP contribution in [-0.2, 0) is 6.42 Å². The summed E-state index contributed by atoms with van der Waals surface area (Å²) in [6, 6.07) is 10.5. The van der Waals surface area contributed by atoms with Crippen LogP contribution in [-0.4, -0.2) is 25.2 Å². The predicted molar refractivity (Wildman–Crippen MR) is 93.1 cm³/mol. The highest BCUT2D eigenvalue weighted by atomic mass is 15.2. The third-order valence-electron chi connectivity index (χ3n) is 4.81. The number of nitrogens with one attached hydrogen (secondary N) is 1. The van der Waals surface area contributed by atoms with Crippen molar-refractivity contribution >= 4 is 5.69 Å². The predicted octanol–water partition coefficient (Wildman–Crippen LogP) is 4.24. The minimum atomic E-state index is 0.604. The largest absolute Gasteiger partial charge is 0.366 e. The zero-order chi connectivity index (χ0) is 15.2. The van der Waals surface area contributed by atoms with E-state index in [2.05, 4.69) is 62.2 Å². The Hall–Kier alpha value is -1.02. The molecule has 0 saturated carbocycles. The number of hydrogen-bond donors (Lipinski definition) is 1. The molecule has 1 aliphatic rings. The maximum atomic E-state index is 3.72. The molecular weight excluding hydrogens is 256 g/mol. The Labute approximate surface area is 130 Å². The number of unbranched alkanes of at least 4 members (excludes halogenated alkanes) is 1. The Bertz CT molecular complexity index is 410. The molecule has 1 saturated heterocycles. The zero-order valence-electron chi connectivity index (χ0n) is 14.2. The second-order valence-electron chi connectivity index (χ2n) is 6.74. The minimum absolute atomic E-state index is 0.604. The summed E-state index contributed by atoms with van der Waals surface area (Å²) < 4.78 is 0. The molecule has 2 atom stereocenters. The average molecular weight is 288 g/mol. The number of nitrogens with zero attached hydrogens (tertiary/aromatic N) is 1. The normalized spacial score (nSPS) is 22.8. The first-order valence-corrected chi connectivity index (χ1v) is 8.74. The van der Waals surface area contributed by atoms with Crippen molar-refractivity contribution in [3.63, 3.8) is 0 Å². The first-order chi connectivity index (χ1) is 10.2. The maximum absolute atomic E-state index is 3.72. The molecule has 0 amide bonds. The topological polar surface area (TPSA) is 15.3 Å². The molecule has 0 spiro atoms. The van der Waals surface area contributed by atoms with E-state index in [1.54, 1.807) is 0 Å². The molecule has 1 fully saturated rings. The van der Waals surface area contributed by atoms with E-state index in [4.69, 9.17) is 0 Å². The summed E-state index contributed by atoms with van der Waals surface area (Å²) in [7, 11) is 0. The van der Waals surface area contributed by atoms with Gasteiger partial charge in [0.05, 0.1) is 0 Å². The molecule has 1 N–H and O–H groups in total. The van der Waals surface area contributed by atoms with E-state index in [1.165, 1.54) is 36.9 Å². The van der Waals surface area contributed by atoms with Gasteiger partial charge in [0.2, 0.25) is 0 Å². The lowest BCUT2D eigenvalue weighted by Gasteiger charge is -2.43. The molecule has 1 aromatic carbocycles. The fraction of sp³-hybridized carbons (Fsp3) is 0.684. The third kappa shape index (κ3) is 4.23. The van der Waals surface area contributed by atoms with Gasteiger partial charge in [-0.25, -0.2) is 0 Å². The number of anilines is 1. The SMILES string of the molecule is CCCCc1ccc(N2CC(C(C)C)NCC2CC)cc1.